The highest BCUT2D eigenvalue weighted by Gasteiger charge is 2.26. The second-order valence-corrected chi connectivity index (χ2v) is 5.73. The average molecular weight is 305 g/mol. The summed E-state index contributed by atoms with van der Waals surface area (Å²) in [5, 5.41) is 0. The van der Waals surface area contributed by atoms with Crippen LogP contribution in [0, 0.1) is 20.8 Å². The summed E-state index contributed by atoms with van der Waals surface area (Å²) in [6.45, 7) is 10.1. The lowest BCUT2D eigenvalue weighted by Crippen LogP contribution is -2.43. The minimum atomic E-state index is -0.515. The quantitative estimate of drug-likeness (QED) is 0.759. The third kappa shape index (κ3) is 4.33. The lowest BCUT2D eigenvalue weighted by molar-refractivity contribution is -0.153. The highest BCUT2D eigenvalue weighted by atomic mass is 16.5. The summed E-state index contributed by atoms with van der Waals surface area (Å²) in [5.41, 5.74) is 4.46. The Morgan fingerprint density at radius 1 is 1.14 bits per heavy atom. The van der Waals surface area contributed by atoms with Crippen molar-refractivity contribution >= 4 is 11.9 Å². The Morgan fingerprint density at radius 2 is 1.68 bits per heavy atom. The molecule has 0 saturated carbocycles. The van der Waals surface area contributed by atoms with Crippen molar-refractivity contribution in [2.45, 2.75) is 53.5 Å². The van der Waals surface area contributed by atoms with E-state index in [0.29, 0.717) is 19.4 Å². The summed E-state index contributed by atoms with van der Waals surface area (Å²) in [5.74, 6) is -0.395. The van der Waals surface area contributed by atoms with Crippen molar-refractivity contribution in [2.24, 2.45) is 0 Å². The molecule has 4 heteroatoms. The van der Waals surface area contributed by atoms with E-state index in [1.54, 1.807) is 14.0 Å². The Balaban J connectivity index is 2.90. The SMILES string of the molecule is CCOC(=O)C(CC)N(C)C(=O)Cc1c(C)cc(C)cc1C. The van der Waals surface area contributed by atoms with E-state index in [9.17, 15) is 9.59 Å². The van der Waals surface area contributed by atoms with E-state index in [4.69, 9.17) is 4.74 Å². The molecule has 0 aliphatic rings. The first-order valence-electron chi connectivity index (χ1n) is 7.80. The first kappa shape index (κ1) is 18.2. The van der Waals surface area contributed by atoms with Crippen molar-refractivity contribution in [3.63, 3.8) is 0 Å². The van der Waals surface area contributed by atoms with Gasteiger partial charge in [0, 0.05) is 7.05 Å². The van der Waals surface area contributed by atoms with Crippen LogP contribution in [0.5, 0.6) is 0 Å². The van der Waals surface area contributed by atoms with Crippen molar-refractivity contribution < 1.29 is 14.3 Å². The van der Waals surface area contributed by atoms with Crippen LogP contribution in [0.3, 0.4) is 0 Å². The van der Waals surface area contributed by atoms with Crippen LogP contribution >= 0.6 is 0 Å². The van der Waals surface area contributed by atoms with Crippen LogP contribution in [0.15, 0.2) is 12.1 Å². The highest BCUT2D eigenvalue weighted by Crippen LogP contribution is 2.18. The van der Waals surface area contributed by atoms with Gasteiger partial charge in [-0.3, -0.25) is 4.79 Å². The van der Waals surface area contributed by atoms with Gasteiger partial charge in [-0.05, 0) is 50.8 Å². The Bertz CT molecular complexity index is 528. The zero-order valence-corrected chi connectivity index (χ0v) is 14.5. The van der Waals surface area contributed by atoms with E-state index in [1.807, 2.05) is 27.7 Å². The van der Waals surface area contributed by atoms with E-state index in [-0.39, 0.29) is 11.9 Å². The number of likely N-dealkylation sites (N-methyl/N-ethyl adjacent to an activating group) is 1. The number of esters is 1. The van der Waals surface area contributed by atoms with E-state index in [1.165, 1.54) is 10.5 Å². The fourth-order valence-corrected chi connectivity index (χ4v) is 2.78. The average Bonchev–Trinajstić information content (AvgIpc) is 2.43. The number of carbonyl (C=O) groups excluding carboxylic acids is 2. The summed E-state index contributed by atoms with van der Waals surface area (Å²) < 4.78 is 5.05. The molecular weight excluding hydrogens is 278 g/mol. The van der Waals surface area contributed by atoms with Crippen LogP contribution in [-0.2, 0) is 20.7 Å². The molecular formula is C18H27NO3. The molecule has 0 saturated heterocycles. The van der Waals surface area contributed by atoms with Crippen molar-refractivity contribution in [2.75, 3.05) is 13.7 Å². The largest absolute Gasteiger partial charge is 0.464 e. The summed E-state index contributed by atoms with van der Waals surface area (Å²) >= 11 is 0. The topological polar surface area (TPSA) is 46.6 Å². The molecule has 1 aromatic carbocycles. The molecule has 1 unspecified atom stereocenters. The second-order valence-electron chi connectivity index (χ2n) is 5.73. The molecule has 22 heavy (non-hydrogen) atoms. The number of carbonyl (C=O) groups is 2. The summed E-state index contributed by atoms with van der Waals surface area (Å²) in [7, 11) is 1.67. The van der Waals surface area contributed by atoms with Gasteiger partial charge in [-0.15, -0.1) is 0 Å². The van der Waals surface area contributed by atoms with E-state index in [2.05, 4.69) is 12.1 Å². The van der Waals surface area contributed by atoms with Gasteiger partial charge in [0.25, 0.3) is 0 Å². The van der Waals surface area contributed by atoms with Crippen LogP contribution in [-0.4, -0.2) is 36.5 Å². The fourth-order valence-electron chi connectivity index (χ4n) is 2.78. The zero-order chi connectivity index (χ0) is 16.9. The zero-order valence-electron chi connectivity index (χ0n) is 14.5. The van der Waals surface area contributed by atoms with Gasteiger partial charge in [-0.1, -0.05) is 24.6 Å². The monoisotopic (exact) mass is 305 g/mol. The smallest absolute Gasteiger partial charge is 0.328 e. The fraction of sp³-hybridized carbons (Fsp3) is 0.556. The van der Waals surface area contributed by atoms with Crippen molar-refractivity contribution in [1.82, 2.24) is 4.90 Å². The molecule has 1 aromatic rings. The second kappa shape index (κ2) is 7.97. The molecule has 1 rings (SSSR count). The number of hydrogen-bond donors (Lipinski definition) is 0. The minimum absolute atomic E-state index is 0.0602. The number of ether oxygens (including phenoxy) is 1. The van der Waals surface area contributed by atoms with Crippen molar-refractivity contribution in [1.29, 1.82) is 0 Å². The number of aryl methyl sites for hydroxylation is 3. The molecule has 0 fully saturated rings. The molecule has 0 bridgehead atoms. The molecule has 1 atom stereocenters. The van der Waals surface area contributed by atoms with Crippen LogP contribution in [0.1, 0.15) is 42.5 Å². The van der Waals surface area contributed by atoms with Gasteiger partial charge in [-0.25, -0.2) is 4.79 Å². The van der Waals surface area contributed by atoms with Crippen molar-refractivity contribution in [3.05, 3.63) is 34.4 Å². The molecule has 122 valence electrons. The Kier molecular flexibility index (Phi) is 6.60. The molecule has 0 heterocycles. The number of amides is 1. The number of hydrogen-bond acceptors (Lipinski definition) is 3. The third-order valence-corrected chi connectivity index (χ3v) is 3.97. The maximum Gasteiger partial charge on any atom is 0.328 e. The summed E-state index contributed by atoms with van der Waals surface area (Å²) in [6, 6.07) is 3.65. The number of rotatable bonds is 6. The summed E-state index contributed by atoms with van der Waals surface area (Å²) in [4.78, 5) is 26.0. The standard InChI is InChI=1S/C18H27NO3/c1-7-16(18(21)22-8-2)19(6)17(20)11-15-13(4)9-12(3)10-14(15)5/h9-10,16H,7-8,11H2,1-6H3. The van der Waals surface area contributed by atoms with Gasteiger partial charge >= 0.3 is 5.97 Å². The minimum Gasteiger partial charge on any atom is -0.464 e. The highest BCUT2D eigenvalue weighted by molar-refractivity contribution is 5.86. The maximum absolute atomic E-state index is 12.5. The Morgan fingerprint density at radius 3 is 2.14 bits per heavy atom. The first-order chi connectivity index (χ1) is 10.3. The maximum atomic E-state index is 12.5. The molecule has 0 N–H and O–H groups in total. The summed E-state index contributed by atoms with van der Waals surface area (Å²) in [6.07, 6.45) is 0.858. The van der Waals surface area contributed by atoms with Gasteiger partial charge in [0.2, 0.25) is 5.91 Å². The Labute approximate surface area is 133 Å². The van der Waals surface area contributed by atoms with Crippen LogP contribution in [0.25, 0.3) is 0 Å². The first-order valence-corrected chi connectivity index (χ1v) is 7.80. The molecule has 4 nitrogen and oxygen atoms in total. The van der Waals surface area contributed by atoms with E-state index >= 15 is 0 Å². The van der Waals surface area contributed by atoms with Gasteiger partial charge < -0.3 is 9.64 Å². The van der Waals surface area contributed by atoms with E-state index in [0.717, 1.165) is 16.7 Å². The van der Waals surface area contributed by atoms with Crippen LogP contribution < -0.4 is 0 Å². The number of benzene rings is 1. The molecule has 0 aliphatic carbocycles. The van der Waals surface area contributed by atoms with Gasteiger partial charge in [0.15, 0.2) is 0 Å². The molecule has 0 aromatic heterocycles. The Hall–Kier alpha value is -1.84. The normalized spacial score (nSPS) is 11.9. The predicted molar refractivity (Wildman–Crippen MR) is 87.8 cm³/mol. The van der Waals surface area contributed by atoms with Crippen LogP contribution in [0.2, 0.25) is 0 Å². The molecule has 0 radical (unpaired) electrons. The van der Waals surface area contributed by atoms with Crippen LogP contribution in [0.4, 0.5) is 0 Å². The van der Waals surface area contributed by atoms with Gasteiger partial charge in [0.05, 0.1) is 13.0 Å². The lowest BCUT2D eigenvalue weighted by atomic mass is 9.96. The van der Waals surface area contributed by atoms with Crippen molar-refractivity contribution in [3.8, 4) is 0 Å². The lowest BCUT2D eigenvalue weighted by Gasteiger charge is -2.26. The van der Waals surface area contributed by atoms with Gasteiger partial charge in [0.1, 0.15) is 6.04 Å². The molecule has 0 spiro atoms. The predicted octanol–water partition coefficient (Wildman–Crippen LogP) is 2.95. The molecule has 0 aliphatic heterocycles. The number of nitrogens with zero attached hydrogens (tertiary/aromatic N) is 1. The third-order valence-electron chi connectivity index (χ3n) is 3.97. The van der Waals surface area contributed by atoms with E-state index < -0.39 is 6.04 Å². The molecule has 1 amide bonds. The van der Waals surface area contributed by atoms with Gasteiger partial charge in [-0.2, -0.15) is 0 Å².